The molecule has 1 aliphatic heterocycles. The van der Waals surface area contributed by atoms with Crippen molar-refractivity contribution in [1.29, 1.82) is 0 Å². The Hall–Kier alpha value is -2.89. The monoisotopic (exact) mass is 347 g/mol. The van der Waals surface area contributed by atoms with Gasteiger partial charge in [-0.15, -0.1) is 10.2 Å². The van der Waals surface area contributed by atoms with Gasteiger partial charge in [-0.2, -0.15) is 0 Å². The van der Waals surface area contributed by atoms with E-state index in [-0.39, 0.29) is 6.03 Å². The number of fused-ring (bicyclic) bond motifs is 1. The average Bonchev–Trinajstić information content (AvgIpc) is 3.35. The van der Waals surface area contributed by atoms with Crippen LogP contribution in [-0.2, 0) is 32.2 Å². The number of urea groups is 1. The highest BCUT2D eigenvalue weighted by Crippen LogP contribution is 2.34. The number of carbonyl (C=O) groups excluding carboxylic acids is 1. The normalized spacial score (nSPS) is 14.6. The van der Waals surface area contributed by atoms with Crippen LogP contribution >= 0.6 is 0 Å². The molecule has 2 heterocycles. The molecule has 26 heavy (non-hydrogen) atoms. The Morgan fingerprint density at radius 1 is 1.08 bits per heavy atom. The van der Waals surface area contributed by atoms with Crippen LogP contribution in [0.4, 0.5) is 10.5 Å². The van der Waals surface area contributed by atoms with Crippen LogP contribution in [0, 0.1) is 0 Å². The first-order valence-corrected chi connectivity index (χ1v) is 9.29. The number of anilines is 1. The highest BCUT2D eigenvalue weighted by molar-refractivity contribution is 6.04. The van der Waals surface area contributed by atoms with Gasteiger partial charge in [-0.05, 0) is 41.8 Å². The Kier molecular flexibility index (Phi) is 3.62. The molecule has 2 N–H and O–H groups in total. The summed E-state index contributed by atoms with van der Waals surface area (Å²) in [6, 6.07) is 10.3. The number of aryl methyl sites for hydroxylation is 3. The minimum atomic E-state index is -0.176. The van der Waals surface area contributed by atoms with E-state index in [1.165, 1.54) is 16.5 Å². The van der Waals surface area contributed by atoms with Crippen LogP contribution < -0.4 is 10.6 Å². The smallest absolute Gasteiger partial charge is 0.319 e. The maximum Gasteiger partial charge on any atom is 0.319 e. The van der Waals surface area contributed by atoms with E-state index in [4.69, 9.17) is 0 Å². The summed E-state index contributed by atoms with van der Waals surface area (Å²) < 4.78 is 2.17. The predicted octanol–water partition coefficient (Wildman–Crippen LogP) is 2.84. The van der Waals surface area contributed by atoms with Crippen LogP contribution in [0.25, 0.3) is 10.8 Å². The van der Waals surface area contributed by atoms with Crippen molar-refractivity contribution in [2.45, 2.75) is 38.6 Å². The molecule has 0 saturated carbocycles. The molecule has 5 rings (SSSR count). The lowest BCUT2D eigenvalue weighted by Gasteiger charge is -2.11. The molecule has 2 amide bonds. The number of hydrogen-bond acceptors (Lipinski definition) is 3. The Morgan fingerprint density at radius 2 is 1.96 bits per heavy atom. The summed E-state index contributed by atoms with van der Waals surface area (Å²) in [7, 11) is 0. The zero-order valence-electron chi connectivity index (χ0n) is 14.6. The number of nitrogens with zero attached hydrogens (tertiary/aromatic N) is 3. The average molecular weight is 347 g/mol. The van der Waals surface area contributed by atoms with Gasteiger partial charge < -0.3 is 15.2 Å². The van der Waals surface area contributed by atoms with Crippen molar-refractivity contribution < 1.29 is 4.79 Å². The lowest BCUT2D eigenvalue weighted by molar-refractivity contribution is 0.252. The van der Waals surface area contributed by atoms with Gasteiger partial charge in [0.25, 0.3) is 0 Å². The summed E-state index contributed by atoms with van der Waals surface area (Å²) >= 11 is 0. The third kappa shape index (κ3) is 2.53. The molecule has 1 aliphatic carbocycles. The van der Waals surface area contributed by atoms with Gasteiger partial charge in [0.05, 0.1) is 5.69 Å². The lowest BCUT2D eigenvalue weighted by atomic mass is 10.0. The molecule has 0 saturated heterocycles. The first-order chi connectivity index (χ1) is 12.8. The summed E-state index contributed by atoms with van der Waals surface area (Å²) in [6.07, 6.45) is 5.02. The molecule has 3 aromatic rings. The number of hydrogen-bond donors (Lipinski definition) is 2. The molecule has 6 nitrogen and oxygen atoms in total. The van der Waals surface area contributed by atoms with Crippen LogP contribution in [0.15, 0.2) is 30.3 Å². The predicted molar refractivity (Wildman–Crippen MR) is 100 cm³/mol. The fourth-order valence-corrected chi connectivity index (χ4v) is 4.21. The van der Waals surface area contributed by atoms with Gasteiger partial charge in [-0.1, -0.05) is 24.3 Å². The fourth-order valence-electron chi connectivity index (χ4n) is 4.21. The van der Waals surface area contributed by atoms with Crippen LogP contribution in [-0.4, -0.2) is 27.3 Å². The van der Waals surface area contributed by atoms with Gasteiger partial charge in [0, 0.05) is 31.3 Å². The van der Waals surface area contributed by atoms with E-state index in [1.54, 1.807) is 0 Å². The molecule has 2 aliphatic rings. The summed E-state index contributed by atoms with van der Waals surface area (Å²) in [5, 5.41) is 16.8. The second kappa shape index (κ2) is 6.12. The molecule has 0 radical (unpaired) electrons. The summed E-state index contributed by atoms with van der Waals surface area (Å²) in [5.41, 5.74) is 3.62. The van der Waals surface area contributed by atoms with Crippen molar-refractivity contribution in [2.24, 2.45) is 0 Å². The number of aromatic nitrogens is 3. The maximum atomic E-state index is 12.3. The first kappa shape index (κ1) is 15.4. The van der Waals surface area contributed by atoms with Gasteiger partial charge in [-0.25, -0.2) is 4.79 Å². The Balaban J connectivity index is 1.26. The van der Waals surface area contributed by atoms with E-state index in [2.05, 4.69) is 49.7 Å². The van der Waals surface area contributed by atoms with E-state index in [9.17, 15) is 4.79 Å². The Bertz CT molecular complexity index is 997. The highest BCUT2D eigenvalue weighted by atomic mass is 16.2. The summed E-state index contributed by atoms with van der Waals surface area (Å²) in [4.78, 5) is 12.3. The van der Waals surface area contributed by atoms with Crippen molar-refractivity contribution in [3.05, 3.63) is 53.1 Å². The zero-order valence-corrected chi connectivity index (χ0v) is 14.6. The molecule has 1 aromatic heterocycles. The second-order valence-corrected chi connectivity index (χ2v) is 7.03. The quantitative estimate of drug-likeness (QED) is 0.762. The second-order valence-electron chi connectivity index (χ2n) is 7.03. The number of benzene rings is 2. The minimum Gasteiger partial charge on any atom is -0.337 e. The van der Waals surface area contributed by atoms with Crippen molar-refractivity contribution in [3.63, 3.8) is 0 Å². The van der Waals surface area contributed by atoms with Crippen molar-refractivity contribution in [2.75, 3.05) is 11.9 Å². The van der Waals surface area contributed by atoms with E-state index in [0.29, 0.717) is 13.0 Å². The zero-order chi connectivity index (χ0) is 17.5. The maximum absolute atomic E-state index is 12.3. The fraction of sp³-hybridized carbons (Fsp3) is 0.350. The number of rotatable bonds is 4. The molecule has 0 bridgehead atoms. The van der Waals surface area contributed by atoms with Gasteiger partial charge in [-0.3, -0.25) is 0 Å². The third-order valence-electron chi connectivity index (χ3n) is 5.45. The highest BCUT2D eigenvalue weighted by Gasteiger charge is 2.18. The molecule has 132 valence electrons. The molecule has 6 heteroatoms. The summed E-state index contributed by atoms with van der Waals surface area (Å²) in [5.74, 6) is 2.03. The third-order valence-corrected chi connectivity index (χ3v) is 5.45. The molecular formula is C20H21N5O. The topological polar surface area (TPSA) is 71.8 Å². The lowest BCUT2D eigenvalue weighted by Crippen LogP contribution is -2.31. The summed E-state index contributed by atoms with van der Waals surface area (Å²) in [6.45, 7) is 1.54. The SMILES string of the molecule is O=C(NCCc1nnc2n1CCC2)Nc1ccc2c3c(cccc13)CC2. The van der Waals surface area contributed by atoms with Crippen molar-refractivity contribution >= 4 is 22.5 Å². The number of carbonyl (C=O) groups is 1. The van der Waals surface area contributed by atoms with Gasteiger partial charge in [0.15, 0.2) is 0 Å². The Labute approximate surface area is 151 Å². The largest absolute Gasteiger partial charge is 0.337 e. The molecule has 2 aromatic carbocycles. The molecular weight excluding hydrogens is 326 g/mol. The molecule has 0 spiro atoms. The number of nitrogens with one attached hydrogen (secondary N) is 2. The molecule has 0 unspecified atom stereocenters. The van der Waals surface area contributed by atoms with Crippen molar-refractivity contribution in [3.8, 4) is 0 Å². The van der Waals surface area contributed by atoms with E-state index in [1.807, 2.05) is 6.07 Å². The van der Waals surface area contributed by atoms with Crippen LogP contribution in [0.1, 0.15) is 29.2 Å². The molecule has 0 atom stereocenters. The van der Waals surface area contributed by atoms with Crippen LogP contribution in [0.2, 0.25) is 0 Å². The van der Waals surface area contributed by atoms with Crippen molar-refractivity contribution in [1.82, 2.24) is 20.1 Å². The number of amides is 2. The van der Waals surface area contributed by atoms with Gasteiger partial charge in [0.1, 0.15) is 11.6 Å². The Morgan fingerprint density at radius 3 is 2.88 bits per heavy atom. The standard InChI is InChI=1S/C20H21N5O/c26-20(21-11-10-18-24-23-17-5-2-12-25(17)18)22-16-9-8-14-7-6-13-3-1-4-15(16)19(13)14/h1,3-4,8-9H,2,5-7,10-12H2,(H2,21,22,26). The van der Waals surface area contributed by atoms with Gasteiger partial charge in [0.2, 0.25) is 0 Å². The van der Waals surface area contributed by atoms with Gasteiger partial charge >= 0.3 is 6.03 Å². The van der Waals surface area contributed by atoms with E-state index >= 15 is 0 Å². The molecule has 0 fully saturated rings. The first-order valence-electron chi connectivity index (χ1n) is 9.29. The van der Waals surface area contributed by atoms with E-state index < -0.39 is 0 Å². The van der Waals surface area contributed by atoms with Crippen LogP contribution in [0.3, 0.4) is 0 Å². The van der Waals surface area contributed by atoms with E-state index in [0.717, 1.165) is 55.0 Å². The minimum absolute atomic E-state index is 0.176. The van der Waals surface area contributed by atoms with Crippen LogP contribution in [0.5, 0.6) is 0 Å².